The van der Waals surface area contributed by atoms with Crippen LogP contribution in [0.3, 0.4) is 0 Å². The molecule has 0 fully saturated rings. The van der Waals surface area contributed by atoms with Gasteiger partial charge in [0.1, 0.15) is 5.82 Å². The van der Waals surface area contributed by atoms with Gasteiger partial charge in [-0.2, -0.15) is 0 Å². The summed E-state index contributed by atoms with van der Waals surface area (Å²) in [4.78, 5) is 4.70. The van der Waals surface area contributed by atoms with Gasteiger partial charge in [-0.15, -0.1) is 0 Å². The molecule has 1 heterocycles. The third kappa shape index (κ3) is 2.88. The molecule has 3 rings (SSSR count). The first-order chi connectivity index (χ1) is 10.2. The van der Waals surface area contributed by atoms with E-state index < -0.39 is 0 Å². The lowest BCUT2D eigenvalue weighted by Gasteiger charge is -2.09. The van der Waals surface area contributed by atoms with Gasteiger partial charge in [0, 0.05) is 17.3 Å². The molecule has 0 aliphatic carbocycles. The van der Waals surface area contributed by atoms with Crippen molar-refractivity contribution >= 4 is 28.3 Å². The maximum atomic E-state index is 6.09. The van der Waals surface area contributed by atoms with Gasteiger partial charge in [-0.1, -0.05) is 29.3 Å². The van der Waals surface area contributed by atoms with Crippen molar-refractivity contribution in [3.05, 3.63) is 58.9 Å². The highest BCUT2D eigenvalue weighted by Gasteiger charge is 2.09. The van der Waals surface area contributed by atoms with E-state index in [0.29, 0.717) is 6.54 Å². The molecule has 3 aromatic rings. The van der Waals surface area contributed by atoms with Crippen LogP contribution >= 0.6 is 11.6 Å². The molecule has 0 spiro atoms. The Labute approximate surface area is 129 Å². The Kier molecular flexibility index (Phi) is 3.84. The highest BCUT2D eigenvalue weighted by molar-refractivity contribution is 6.31. The third-order valence-corrected chi connectivity index (χ3v) is 3.84. The second-order valence-corrected chi connectivity index (χ2v) is 5.56. The predicted octanol–water partition coefficient (Wildman–Crippen LogP) is 4.63. The van der Waals surface area contributed by atoms with Crippen molar-refractivity contribution in [3.63, 3.8) is 0 Å². The zero-order valence-electron chi connectivity index (χ0n) is 12.2. The van der Waals surface area contributed by atoms with Gasteiger partial charge in [-0.3, -0.25) is 0 Å². The highest BCUT2D eigenvalue weighted by atomic mass is 35.5. The number of halogens is 1. The lowest BCUT2D eigenvalue weighted by Crippen LogP contribution is -2.07. The van der Waals surface area contributed by atoms with Crippen LogP contribution in [-0.2, 0) is 13.1 Å². The fourth-order valence-corrected chi connectivity index (χ4v) is 2.65. The minimum Gasteiger partial charge on any atom is -0.378 e. The second kappa shape index (κ2) is 5.78. The van der Waals surface area contributed by atoms with Crippen LogP contribution in [0, 0.1) is 6.92 Å². The van der Waals surface area contributed by atoms with Gasteiger partial charge in [0.15, 0.2) is 0 Å². The molecule has 0 radical (unpaired) electrons. The fourth-order valence-electron chi connectivity index (χ4n) is 2.49. The molecule has 0 aliphatic heterocycles. The quantitative estimate of drug-likeness (QED) is 0.761. The first kappa shape index (κ1) is 14.0. The summed E-state index contributed by atoms with van der Waals surface area (Å²) in [7, 11) is 0. The average molecular weight is 300 g/mol. The maximum Gasteiger partial charge on any atom is 0.129 e. The summed E-state index contributed by atoms with van der Waals surface area (Å²) in [6.07, 6.45) is 0. The molecule has 108 valence electrons. The summed E-state index contributed by atoms with van der Waals surface area (Å²) in [5, 5.41) is 4.17. The van der Waals surface area contributed by atoms with Gasteiger partial charge >= 0.3 is 0 Å². The van der Waals surface area contributed by atoms with Crippen molar-refractivity contribution in [3.8, 4) is 0 Å². The van der Waals surface area contributed by atoms with Crippen molar-refractivity contribution < 1.29 is 0 Å². The number of aryl methyl sites for hydroxylation is 2. The molecule has 4 heteroatoms. The molecule has 0 amide bonds. The van der Waals surface area contributed by atoms with Gasteiger partial charge in [-0.25, -0.2) is 4.98 Å². The zero-order chi connectivity index (χ0) is 14.8. The number of rotatable bonds is 4. The van der Waals surface area contributed by atoms with E-state index in [-0.39, 0.29) is 0 Å². The fraction of sp³-hybridized carbons (Fsp3) is 0.235. The number of nitrogens with zero attached hydrogens (tertiary/aromatic N) is 2. The van der Waals surface area contributed by atoms with Crippen LogP contribution in [0.2, 0.25) is 5.02 Å². The number of hydrogen-bond acceptors (Lipinski definition) is 2. The Morgan fingerprint density at radius 2 is 1.90 bits per heavy atom. The van der Waals surface area contributed by atoms with E-state index in [1.807, 2.05) is 18.2 Å². The van der Waals surface area contributed by atoms with Crippen molar-refractivity contribution in [1.82, 2.24) is 9.55 Å². The van der Waals surface area contributed by atoms with Gasteiger partial charge in [0.25, 0.3) is 0 Å². The number of hydrogen-bond donors (Lipinski definition) is 1. The average Bonchev–Trinajstić information content (AvgIpc) is 2.83. The van der Waals surface area contributed by atoms with E-state index in [0.717, 1.165) is 34.1 Å². The predicted molar refractivity (Wildman–Crippen MR) is 88.9 cm³/mol. The SMILES string of the molecule is CCn1c(CNc2ccc(C)cc2)nc2ccc(Cl)cc21. The van der Waals surface area contributed by atoms with Crippen LogP contribution in [-0.4, -0.2) is 9.55 Å². The number of imidazole rings is 1. The van der Waals surface area contributed by atoms with Crippen molar-refractivity contribution in [1.29, 1.82) is 0 Å². The Morgan fingerprint density at radius 3 is 2.62 bits per heavy atom. The van der Waals surface area contributed by atoms with E-state index in [1.165, 1.54) is 5.56 Å². The molecule has 1 aromatic heterocycles. The second-order valence-electron chi connectivity index (χ2n) is 5.12. The molecule has 0 unspecified atom stereocenters. The van der Waals surface area contributed by atoms with Gasteiger partial charge in [0.05, 0.1) is 17.6 Å². The van der Waals surface area contributed by atoms with E-state index in [4.69, 9.17) is 16.6 Å². The van der Waals surface area contributed by atoms with Crippen LogP contribution in [0.4, 0.5) is 5.69 Å². The lowest BCUT2D eigenvalue weighted by atomic mass is 10.2. The summed E-state index contributed by atoms with van der Waals surface area (Å²) in [5.41, 5.74) is 4.44. The van der Waals surface area contributed by atoms with Gasteiger partial charge in [-0.05, 0) is 44.2 Å². The molecule has 0 saturated heterocycles. The molecule has 0 aliphatic rings. The molecule has 0 bridgehead atoms. The Bertz CT molecular complexity index is 760. The Hall–Kier alpha value is -2.00. The maximum absolute atomic E-state index is 6.09. The molecule has 0 saturated carbocycles. The first-order valence-electron chi connectivity index (χ1n) is 7.12. The van der Waals surface area contributed by atoms with Crippen LogP contribution in [0.1, 0.15) is 18.3 Å². The van der Waals surface area contributed by atoms with Crippen molar-refractivity contribution in [2.45, 2.75) is 26.9 Å². The molecule has 21 heavy (non-hydrogen) atoms. The lowest BCUT2D eigenvalue weighted by molar-refractivity contribution is 0.729. The standard InChI is InChI=1S/C17H18ClN3/c1-3-21-16-10-13(18)6-9-15(16)20-17(21)11-19-14-7-4-12(2)5-8-14/h4-10,19H,3,11H2,1-2H3. The summed E-state index contributed by atoms with van der Waals surface area (Å²) in [5.74, 6) is 1.02. The topological polar surface area (TPSA) is 29.9 Å². The van der Waals surface area contributed by atoms with E-state index >= 15 is 0 Å². The monoisotopic (exact) mass is 299 g/mol. The Balaban J connectivity index is 1.88. The molecule has 2 aromatic carbocycles. The molecule has 0 atom stereocenters. The van der Waals surface area contributed by atoms with Crippen LogP contribution in [0.5, 0.6) is 0 Å². The van der Waals surface area contributed by atoms with Gasteiger partial charge < -0.3 is 9.88 Å². The number of benzene rings is 2. The largest absolute Gasteiger partial charge is 0.378 e. The van der Waals surface area contributed by atoms with Crippen molar-refractivity contribution in [2.24, 2.45) is 0 Å². The summed E-state index contributed by atoms with van der Waals surface area (Å²) >= 11 is 6.09. The molecular weight excluding hydrogens is 282 g/mol. The van der Waals surface area contributed by atoms with E-state index in [1.54, 1.807) is 0 Å². The Morgan fingerprint density at radius 1 is 1.14 bits per heavy atom. The third-order valence-electron chi connectivity index (χ3n) is 3.61. The zero-order valence-corrected chi connectivity index (χ0v) is 13.0. The molecule has 3 nitrogen and oxygen atoms in total. The van der Waals surface area contributed by atoms with Gasteiger partial charge in [0.2, 0.25) is 0 Å². The first-order valence-corrected chi connectivity index (χ1v) is 7.50. The summed E-state index contributed by atoms with van der Waals surface area (Å²) < 4.78 is 2.20. The summed E-state index contributed by atoms with van der Waals surface area (Å²) in [6.45, 7) is 5.78. The van der Waals surface area contributed by atoms with E-state index in [2.05, 4.69) is 48.0 Å². The minimum absolute atomic E-state index is 0.698. The normalized spacial score (nSPS) is 11.0. The molecular formula is C17H18ClN3. The summed E-state index contributed by atoms with van der Waals surface area (Å²) in [6, 6.07) is 14.2. The highest BCUT2D eigenvalue weighted by Crippen LogP contribution is 2.21. The van der Waals surface area contributed by atoms with Crippen LogP contribution in [0.25, 0.3) is 11.0 Å². The van der Waals surface area contributed by atoms with Crippen molar-refractivity contribution in [2.75, 3.05) is 5.32 Å². The van der Waals surface area contributed by atoms with Crippen LogP contribution in [0.15, 0.2) is 42.5 Å². The number of aromatic nitrogens is 2. The number of anilines is 1. The number of fused-ring (bicyclic) bond motifs is 1. The minimum atomic E-state index is 0.698. The smallest absolute Gasteiger partial charge is 0.129 e. The number of nitrogens with one attached hydrogen (secondary N) is 1. The molecule has 1 N–H and O–H groups in total. The van der Waals surface area contributed by atoms with E-state index in [9.17, 15) is 0 Å². The van der Waals surface area contributed by atoms with Crippen LogP contribution < -0.4 is 5.32 Å².